The van der Waals surface area contributed by atoms with E-state index in [1.54, 1.807) is 0 Å². The molecule has 1 heterocycles. The van der Waals surface area contributed by atoms with Crippen molar-refractivity contribution in [3.05, 3.63) is 247 Å². The predicted molar refractivity (Wildman–Crippen MR) is 244 cm³/mol. The lowest BCUT2D eigenvalue weighted by atomic mass is 9.66. The minimum absolute atomic E-state index is 0.479. The van der Waals surface area contributed by atoms with Gasteiger partial charge in [-0.3, -0.25) is 0 Å². The summed E-state index contributed by atoms with van der Waals surface area (Å²) >= 11 is 0. The van der Waals surface area contributed by atoms with E-state index in [0.717, 1.165) is 34.1 Å². The van der Waals surface area contributed by atoms with Crippen molar-refractivity contribution in [1.82, 2.24) is 0 Å². The molecule has 2 heteroatoms. The van der Waals surface area contributed by atoms with Crippen molar-refractivity contribution in [2.24, 2.45) is 0 Å². The summed E-state index contributed by atoms with van der Waals surface area (Å²) in [5.74, 6) is 1.82. The molecule has 1 spiro atoms. The molecule has 10 aromatic rings. The lowest BCUT2D eigenvalue weighted by molar-refractivity contribution is 0.436. The topological polar surface area (TPSA) is 12.5 Å². The first-order valence-electron chi connectivity index (χ1n) is 20.3. The normalized spacial score (nSPS) is 13.0. The van der Waals surface area contributed by atoms with Crippen LogP contribution < -0.4 is 9.64 Å². The van der Waals surface area contributed by atoms with Crippen LogP contribution in [0, 0.1) is 0 Å². The number of hydrogen-bond donors (Lipinski definition) is 0. The van der Waals surface area contributed by atoms with E-state index in [4.69, 9.17) is 4.74 Å². The number of fused-ring (bicyclic) bond motifs is 12. The van der Waals surface area contributed by atoms with Gasteiger partial charge in [-0.15, -0.1) is 0 Å². The Kier molecular flexibility index (Phi) is 7.48. The molecule has 276 valence electrons. The molecule has 0 radical (unpaired) electrons. The zero-order valence-corrected chi connectivity index (χ0v) is 32.2. The molecule has 0 aromatic heterocycles. The van der Waals surface area contributed by atoms with Gasteiger partial charge in [-0.1, -0.05) is 164 Å². The average molecular weight is 752 g/mol. The van der Waals surface area contributed by atoms with Gasteiger partial charge in [-0.05, 0) is 127 Å². The van der Waals surface area contributed by atoms with Gasteiger partial charge in [0.05, 0.1) is 5.41 Å². The van der Waals surface area contributed by atoms with Gasteiger partial charge in [0.1, 0.15) is 11.5 Å². The predicted octanol–water partition coefficient (Wildman–Crippen LogP) is 15.3. The summed E-state index contributed by atoms with van der Waals surface area (Å²) in [5.41, 5.74) is 15.1. The first-order chi connectivity index (χ1) is 29.3. The van der Waals surface area contributed by atoms with Crippen LogP contribution in [0.3, 0.4) is 0 Å². The van der Waals surface area contributed by atoms with Gasteiger partial charge in [-0.2, -0.15) is 0 Å². The minimum atomic E-state index is -0.479. The van der Waals surface area contributed by atoms with Crippen LogP contribution in [0.25, 0.3) is 54.9 Å². The Labute approximate surface area is 343 Å². The van der Waals surface area contributed by atoms with Crippen molar-refractivity contribution in [3.63, 3.8) is 0 Å². The van der Waals surface area contributed by atoms with Gasteiger partial charge in [0.25, 0.3) is 0 Å². The van der Waals surface area contributed by atoms with Crippen LogP contribution in [0.15, 0.2) is 224 Å². The molecule has 10 aromatic carbocycles. The Morgan fingerprint density at radius 3 is 1.64 bits per heavy atom. The number of ether oxygens (including phenoxy) is 1. The van der Waals surface area contributed by atoms with Gasteiger partial charge in [0.15, 0.2) is 0 Å². The summed E-state index contributed by atoms with van der Waals surface area (Å²) in [6.07, 6.45) is 0. The van der Waals surface area contributed by atoms with E-state index in [1.807, 2.05) is 0 Å². The average Bonchev–Trinajstić information content (AvgIpc) is 3.59. The molecule has 2 aliphatic rings. The number of rotatable bonds is 5. The summed E-state index contributed by atoms with van der Waals surface area (Å²) in [6.45, 7) is 0. The monoisotopic (exact) mass is 751 g/mol. The highest BCUT2D eigenvalue weighted by atomic mass is 16.5. The Balaban J connectivity index is 0.974. The molecule has 0 bridgehead atoms. The molecule has 1 aliphatic carbocycles. The van der Waals surface area contributed by atoms with Crippen molar-refractivity contribution >= 4 is 38.6 Å². The zero-order valence-electron chi connectivity index (χ0n) is 32.2. The quantitative estimate of drug-likeness (QED) is 0.162. The smallest absolute Gasteiger partial charge is 0.132 e. The van der Waals surface area contributed by atoms with Crippen molar-refractivity contribution in [3.8, 4) is 44.9 Å². The maximum Gasteiger partial charge on any atom is 0.132 e. The largest absolute Gasteiger partial charge is 0.457 e. The van der Waals surface area contributed by atoms with Gasteiger partial charge < -0.3 is 9.64 Å². The number of para-hydroxylation sites is 3. The Hall–Kier alpha value is -7.68. The fraction of sp³-hybridized carbons (Fsp3) is 0.0175. The molecule has 12 rings (SSSR count). The summed E-state index contributed by atoms with van der Waals surface area (Å²) in [6, 6.07) is 81.6. The second-order valence-corrected chi connectivity index (χ2v) is 15.6. The molecule has 0 amide bonds. The maximum atomic E-state index is 6.55. The van der Waals surface area contributed by atoms with E-state index < -0.39 is 5.41 Å². The van der Waals surface area contributed by atoms with E-state index in [1.165, 1.54) is 71.6 Å². The molecule has 0 saturated carbocycles. The number of anilines is 3. The first-order valence-corrected chi connectivity index (χ1v) is 20.3. The van der Waals surface area contributed by atoms with Crippen molar-refractivity contribution in [1.29, 1.82) is 0 Å². The fourth-order valence-electron chi connectivity index (χ4n) is 9.97. The van der Waals surface area contributed by atoms with Crippen LogP contribution >= 0.6 is 0 Å². The van der Waals surface area contributed by atoms with E-state index in [0.29, 0.717) is 0 Å². The lowest BCUT2D eigenvalue weighted by Gasteiger charge is -2.39. The lowest BCUT2D eigenvalue weighted by Crippen LogP contribution is -2.32. The van der Waals surface area contributed by atoms with Crippen LogP contribution in [0.2, 0.25) is 0 Å². The first kappa shape index (κ1) is 33.5. The SMILES string of the molecule is c1ccc(N(c2ccc(-c3cc4ccccc4c4ccccc34)cc2)c2cccc(-c3ccc4c(c3)-c3ccccc3C43c4ccccc4Oc4ccccc43)c2)cc1. The maximum absolute atomic E-state index is 6.55. The van der Waals surface area contributed by atoms with Crippen molar-refractivity contribution < 1.29 is 4.74 Å². The number of benzene rings is 10. The Morgan fingerprint density at radius 2 is 0.864 bits per heavy atom. The molecule has 0 saturated heterocycles. The van der Waals surface area contributed by atoms with Crippen molar-refractivity contribution in [2.45, 2.75) is 5.41 Å². The Morgan fingerprint density at radius 1 is 0.305 bits per heavy atom. The molecule has 59 heavy (non-hydrogen) atoms. The van der Waals surface area contributed by atoms with Gasteiger partial charge >= 0.3 is 0 Å². The minimum Gasteiger partial charge on any atom is -0.457 e. The van der Waals surface area contributed by atoms with Crippen molar-refractivity contribution in [2.75, 3.05) is 4.90 Å². The second-order valence-electron chi connectivity index (χ2n) is 15.6. The summed E-state index contributed by atoms with van der Waals surface area (Å²) < 4.78 is 6.55. The third kappa shape index (κ3) is 5.06. The number of nitrogens with zero attached hydrogens (tertiary/aromatic N) is 1. The van der Waals surface area contributed by atoms with E-state index in [2.05, 4.69) is 229 Å². The molecular weight excluding hydrogens is 715 g/mol. The van der Waals surface area contributed by atoms with E-state index in [-0.39, 0.29) is 0 Å². The highest BCUT2D eigenvalue weighted by Crippen LogP contribution is 2.62. The van der Waals surface area contributed by atoms with Crippen LogP contribution in [0.4, 0.5) is 17.1 Å². The third-order valence-corrected chi connectivity index (χ3v) is 12.5. The molecule has 0 N–H and O–H groups in total. The summed E-state index contributed by atoms with van der Waals surface area (Å²) in [5, 5.41) is 5.07. The molecule has 0 atom stereocenters. The zero-order chi connectivity index (χ0) is 38.9. The molecular formula is C57H37NO. The van der Waals surface area contributed by atoms with E-state index >= 15 is 0 Å². The summed E-state index contributed by atoms with van der Waals surface area (Å²) in [7, 11) is 0. The van der Waals surface area contributed by atoms with Crippen LogP contribution in [-0.4, -0.2) is 0 Å². The standard InChI is InChI=1S/C57H37NO/c1-2-17-42(18-3-1)58(43-32-29-38(30-33-43)49-37-41-15-4-5-20-45(41)46-21-6-7-22-47(46)49)44-19-14-16-39(35-44)40-31-34-52-50(36-40)48-23-8-9-24-51(48)57(52)53-25-10-12-27-55(53)59-56-28-13-11-26-54(56)57/h1-37H. The van der Waals surface area contributed by atoms with Crippen LogP contribution in [-0.2, 0) is 5.41 Å². The van der Waals surface area contributed by atoms with E-state index in [9.17, 15) is 0 Å². The number of hydrogen-bond acceptors (Lipinski definition) is 2. The van der Waals surface area contributed by atoms with Gasteiger partial charge in [-0.25, -0.2) is 0 Å². The Bertz CT molecular complexity index is 3210. The molecule has 2 nitrogen and oxygen atoms in total. The third-order valence-electron chi connectivity index (χ3n) is 12.5. The van der Waals surface area contributed by atoms with Gasteiger partial charge in [0, 0.05) is 28.2 Å². The second kappa shape index (κ2) is 13.2. The molecule has 0 fully saturated rings. The highest BCUT2D eigenvalue weighted by Gasteiger charge is 2.50. The fourth-order valence-corrected chi connectivity index (χ4v) is 9.97. The van der Waals surface area contributed by atoms with Crippen LogP contribution in [0.1, 0.15) is 22.3 Å². The van der Waals surface area contributed by atoms with Gasteiger partial charge in [0.2, 0.25) is 0 Å². The van der Waals surface area contributed by atoms with Crippen LogP contribution in [0.5, 0.6) is 11.5 Å². The summed E-state index contributed by atoms with van der Waals surface area (Å²) in [4.78, 5) is 2.36. The molecule has 1 aliphatic heterocycles. The highest BCUT2D eigenvalue weighted by molar-refractivity contribution is 6.13. The molecule has 0 unspecified atom stereocenters.